The number of nitrogens with zero attached hydrogens (tertiary/aromatic N) is 3. The zero-order valence-electron chi connectivity index (χ0n) is 16.7. The van der Waals surface area contributed by atoms with Crippen molar-refractivity contribution in [1.29, 1.82) is 0 Å². The molecule has 3 rings (SSSR count). The van der Waals surface area contributed by atoms with Crippen molar-refractivity contribution in [2.45, 2.75) is 32.2 Å². The number of ether oxygens (including phenoxy) is 1. The number of nitrogens with one attached hydrogen (secondary N) is 1. The van der Waals surface area contributed by atoms with E-state index in [1.54, 1.807) is 0 Å². The summed E-state index contributed by atoms with van der Waals surface area (Å²) < 4.78 is 47.8. The quantitative estimate of drug-likeness (QED) is 0.697. The Hall–Kier alpha value is -3.37. The van der Waals surface area contributed by atoms with Crippen molar-refractivity contribution in [2.75, 3.05) is 13.1 Å². The summed E-state index contributed by atoms with van der Waals surface area (Å²) in [6.45, 7) is 5.65. The molecule has 8 nitrogen and oxygen atoms in total. The standard InChI is InChI=1S/C20H21F3N4O4/c1-3-16(28)27-10-6-7-13(11-27)19(29)25-17(18-24-12(2)31-26-18)14-8-4-5-9-15(14)30-20(21,22)23/h3-5,8-9,13,17H,1,6-7,10-11H2,2H3,(H,25,29). The SMILES string of the molecule is C=CC(=O)N1CCCC(C(=O)NC(c2noc(C)n2)c2ccccc2OC(F)(F)F)C1. The molecular weight excluding hydrogens is 417 g/mol. The molecule has 2 aromatic rings. The normalized spacial score (nSPS) is 17.7. The first-order valence-corrected chi connectivity index (χ1v) is 9.54. The van der Waals surface area contributed by atoms with Crippen LogP contribution in [0, 0.1) is 12.8 Å². The Kier molecular flexibility index (Phi) is 6.62. The molecular formula is C20H21F3N4O4. The molecule has 0 aliphatic carbocycles. The van der Waals surface area contributed by atoms with Gasteiger partial charge < -0.3 is 19.5 Å². The van der Waals surface area contributed by atoms with Crippen molar-refractivity contribution in [1.82, 2.24) is 20.4 Å². The minimum atomic E-state index is -4.92. The lowest BCUT2D eigenvalue weighted by Crippen LogP contribution is -2.46. The fourth-order valence-corrected chi connectivity index (χ4v) is 3.43. The highest BCUT2D eigenvalue weighted by atomic mass is 19.4. The highest BCUT2D eigenvalue weighted by Crippen LogP contribution is 2.33. The molecule has 0 saturated carbocycles. The summed E-state index contributed by atoms with van der Waals surface area (Å²) in [5.41, 5.74) is 0.0174. The summed E-state index contributed by atoms with van der Waals surface area (Å²) in [5.74, 6) is -1.61. The van der Waals surface area contributed by atoms with E-state index in [9.17, 15) is 22.8 Å². The molecule has 0 bridgehead atoms. The van der Waals surface area contributed by atoms with Crippen LogP contribution in [0.2, 0.25) is 0 Å². The molecule has 0 spiro atoms. The Bertz CT molecular complexity index is 960. The van der Waals surface area contributed by atoms with Crippen LogP contribution in [0.1, 0.15) is 36.2 Å². The van der Waals surface area contributed by atoms with Gasteiger partial charge in [0.2, 0.25) is 17.7 Å². The number of hydrogen-bond donors (Lipinski definition) is 1. The minimum absolute atomic E-state index is 0.0149. The number of carbonyl (C=O) groups is 2. The van der Waals surface area contributed by atoms with Crippen LogP contribution < -0.4 is 10.1 Å². The van der Waals surface area contributed by atoms with Crippen molar-refractivity contribution in [3.05, 3.63) is 54.2 Å². The van der Waals surface area contributed by atoms with E-state index in [1.165, 1.54) is 36.1 Å². The highest BCUT2D eigenvalue weighted by Gasteiger charge is 2.35. The Morgan fingerprint density at radius 2 is 2.13 bits per heavy atom. The summed E-state index contributed by atoms with van der Waals surface area (Å²) in [7, 11) is 0. The average molecular weight is 438 g/mol. The van der Waals surface area contributed by atoms with Crippen molar-refractivity contribution < 1.29 is 32.0 Å². The summed E-state index contributed by atoms with van der Waals surface area (Å²) in [6, 6.07) is 4.26. The first kappa shape index (κ1) is 22.3. The topological polar surface area (TPSA) is 97.6 Å². The maximum Gasteiger partial charge on any atom is 0.573 e. The molecule has 31 heavy (non-hydrogen) atoms. The number of benzene rings is 1. The summed E-state index contributed by atoms with van der Waals surface area (Å²) >= 11 is 0. The largest absolute Gasteiger partial charge is 0.573 e. The number of hydrogen-bond acceptors (Lipinski definition) is 6. The maximum absolute atomic E-state index is 13.0. The van der Waals surface area contributed by atoms with Crippen LogP contribution in [0.3, 0.4) is 0 Å². The van der Waals surface area contributed by atoms with Gasteiger partial charge in [-0.3, -0.25) is 9.59 Å². The molecule has 166 valence electrons. The van der Waals surface area contributed by atoms with Crippen LogP contribution in [0.15, 0.2) is 41.4 Å². The van der Waals surface area contributed by atoms with E-state index in [2.05, 4.69) is 26.8 Å². The number of likely N-dealkylation sites (tertiary alicyclic amines) is 1. The van der Waals surface area contributed by atoms with Crippen molar-refractivity contribution in [2.24, 2.45) is 5.92 Å². The van der Waals surface area contributed by atoms with Crippen LogP contribution in [0.4, 0.5) is 13.2 Å². The van der Waals surface area contributed by atoms with Gasteiger partial charge in [0.25, 0.3) is 0 Å². The zero-order chi connectivity index (χ0) is 22.6. The molecule has 1 N–H and O–H groups in total. The number of alkyl halides is 3. The smallest absolute Gasteiger partial charge is 0.405 e. The number of amides is 2. The fourth-order valence-electron chi connectivity index (χ4n) is 3.43. The Morgan fingerprint density at radius 1 is 1.39 bits per heavy atom. The molecule has 1 aliphatic rings. The molecule has 2 unspecified atom stereocenters. The summed E-state index contributed by atoms with van der Waals surface area (Å²) in [5, 5.41) is 6.47. The van der Waals surface area contributed by atoms with E-state index in [0.29, 0.717) is 19.4 Å². The zero-order valence-corrected chi connectivity index (χ0v) is 16.7. The second kappa shape index (κ2) is 9.19. The van der Waals surface area contributed by atoms with Gasteiger partial charge in [0, 0.05) is 25.6 Å². The third-order valence-electron chi connectivity index (χ3n) is 4.82. The van der Waals surface area contributed by atoms with Gasteiger partial charge in [0.15, 0.2) is 5.82 Å². The molecule has 2 atom stereocenters. The number of rotatable bonds is 6. The molecule has 2 amide bonds. The third kappa shape index (κ3) is 5.62. The molecule has 0 radical (unpaired) electrons. The van der Waals surface area contributed by atoms with Crippen LogP contribution in [-0.2, 0) is 9.59 Å². The number of para-hydroxylation sites is 1. The second-order valence-corrected chi connectivity index (χ2v) is 7.03. The van der Waals surface area contributed by atoms with Gasteiger partial charge in [0.1, 0.15) is 11.8 Å². The van der Waals surface area contributed by atoms with E-state index < -0.39 is 30.0 Å². The molecule has 1 aromatic heterocycles. The van der Waals surface area contributed by atoms with E-state index >= 15 is 0 Å². The molecule has 1 saturated heterocycles. The molecule has 2 heterocycles. The highest BCUT2D eigenvalue weighted by molar-refractivity contribution is 5.88. The molecule has 1 aliphatic heterocycles. The second-order valence-electron chi connectivity index (χ2n) is 7.03. The van der Waals surface area contributed by atoms with E-state index in [-0.39, 0.29) is 29.7 Å². The monoisotopic (exact) mass is 438 g/mol. The van der Waals surface area contributed by atoms with Gasteiger partial charge in [0.05, 0.1) is 5.92 Å². The number of piperidine rings is 1. The van der Waals surface area contributed by atoms with Crippen LogP contribution in [0.25, 0.3) is 0 Å². The fraction of sp³-hybridized carbons (Fsp3) is 0.400. The van der Waals surface area contributed by atoms with E-state index in [4.69, 9.17) is 4.52 Å². The lowest BCUT2D eigenvalue weighted by Gasteiger charge is -2.32. The van der Waals surface area contributed by atoms with Gasteiger partial charge in [-0.05, 0) is 25.0 Å². The predicted molar refractivity (Wildman–Crippen MR) is 102 cm³/mol. The first-order chi connectivity index (χ1) is 14.7. The van der Waals surface area contributed by atoms with Crippen molar-refractivity contribution in [3.63, 3.8) is 0 Å². The van der Waals surface area contributed by atoms with E-state index in [1.807, 2.05) is 0 Å². The molecule has 1 fully saturated rings. The molecule has 1 aromatic carbocycles. The lowest BCUT2D eigenvalue weighted by molar-refractivity contribution is -0.275. The number of aryl methyl sites for hydroxylation is 1. The Labute approximate surface area is 176 Å². The predicted octanol–water partition coefficient (Wildman–Crippen LogP) is 2.91. The number of aromatic nitrogens is 2. The Morgan fingerprint density at radius 3 is 2.77 bits per heavy atom. The average Bonchev–Trinajstić information content (AvgIpc) is 3.17. The van der Waals surface area contributed by atoms with Gasteiger partial charge in [-0.2, -0.15) is 4.98 Å². The molecule has 11 heteroatoms. The first-order valence-electron chi connectivity index (χ1n) is 9.54. The third-order valence-corrected chi connectivity index (χ3v) is 4.82. The van der Waals surface area contributed by atoms with Crippen molar-refractivity contribution in [3.8, 4) is 5.75 Å². The number of carbonyl (C=O) groups excluding carboxylic acids is 2. The van der Waals surface area contributed by atoms with Gasteiger partial charge >= 0.3 is 6.36 Å². The van der Waals surface area contributed by atoms with Gasteiger partial charge in [-0.1, -0.05) is 29.9 Å². The summed E-state index contributed by atoms with van der Waals surface area (Å²) in [6.07, 6.45) is -2.62. The van der Waals surface area contributed by atoms with E-state index in [0.717, 1.165) is 6.07 Å². The van der Waals surface area contributed by atoms with Crippen LogP contribution in [-0.4, -0.2) is 46.3 Å². The van der Waals surface area contributed by atoms with Crippen LogP contribution in [0.5, 0.6) is 5.75 Å². The van der Waals surface area contributed by atoms with Crippen molar-refractivity contribution >= 4 is 11.8 Å². The minimum Gasteiger partial charge on any atom is -0.405 e. The number of halogens is 3. The Balaban J connectivity index is 1.89. The van der Waals surface area contributed by atoms with Gasteiger partial charge in [-0.25, -0.2) is 0 Å². The maximum atomic E-state index is 13.0. The summed E-state index contributed by atoms with van der Waals surface area (Å²) in [4.78, 5) is 30.5. The van der Waals surface area contributed by atoms with Gasteiger partial charge in [-0.15, -0.1) is 13.2 Å². The lowest BCUT2D eigenvalue weighted by atomic mass is 9.95. The van der Waals surface area contributed by atoms with Crippen LogP contribution >= 0.6 is 0 Å².